The maximum Gasteiger partial charge on any atom is 4.00 e. The molecular formula is O6STiZn. The van der Waals surface area contributed by atoms with Crippen LogP contribution >= 0.6 is 0 Å². The van der Waals surface area contributed by atoms with Crippen molar-refractivity contribution in [2.24, 2.45) is 0 Å². The fraction of sp³-hybridized carbons (Fsp3) is 0. The van der Waals surface area contributed by atoms with Crippen molar-refractivity contribution in [1.29, 1.82) is 0 Å². The Balaban J connectivity index is -0.0000000133. The van der Waals surface area contributed by atoms with E-state index in [1.54, 1.807) is 0 Å². The van der Waals surface area contributed by atoms with Crippen molar-refractivity contribution in [2.45, 2.75) is 0 Å². The summed E-state index contributed by atoms with van der Waals surface area (Å²) in [5, 5.41) is 0. The Kier molecular flexibility index (Phi) is 42.3. The summed E-state index contributed by atoms with van der Waals surface area (Å²) < 4.78 is 34.1. The monoisotopic (exact) mass is 240 g/mol. The second-order valence-electron chi connectivity index (χ2n) is 0.408. The van der Waals surface area contributed by atoms with Crippen LogP contribution in [0.15, 0.2) is 0 Å². The van der Waals surface area contributed by atoms with Gasteiger partial charge in [-0.25, -0.2) is 0 Å². The predicted octanol–water partition coefficient (Wildman–Crippen LogP) is -1.58. The molecule has 0 radical (unpaired) electrons. The van der Waals surface area contributed by atoms with E-state index < -0.39 is 10.4 Å². The van der Waals surface area contributed by atoms with Crippen molar-refractivity contribution in [1.82, 2.24) is 0 Å². The quantitative estimate of drug-likeness (QED) is 0.287. The van der Waals surface area contributed by atoms with Gasteiger partial charge in [-0.15, -0.1) is 0 Å². The maximum absolute atomic E-state index is 8.52. The van der Waals surface area contributed by atoms with Crippen LogP contribution in [0.2, 0.25) is 0 Å². The summed E-state index contributed by atoms with van der Waals surface area (Å²) in [6.07, 6.45) is 0. The zero-order chi connectivity index (χ0) is 4.50. The molecule has 9 heavy (non-hydrogen) atoms. The summed E-state index contributed by atoms with van der Waals surface area (Å²) in [7, 11) is -5.17. The molecule has 0 unspecified atom stereocenters. The van der Waals surface area contributed by atoms with Crippen molar-refractivity contribution < 1.29 is 69.7 Å². The topological polar surface area (TPSA) is 137 Å². The van der Waals surface area contributed by atoms with Gasteiger partial charge in [0, 0.05) is 10.4 Å². The van der Waals surface area contributed by atoms with Gasteiger partial charge in [0.05, 0.1) is 0 Å². The third kappa shape index (κ3) is 365. The first-order valence-electron chi connectivity index (χ1n) is 0.667. The van der Waals surface area contributed by atoms with Crippen molar-refractivity contribution in [3.63, 3.8) is 0 Å². The van der Waals surface area contributed by atoms with Gasteiger partial charge in [-0.2, -0.15) is 0 Å². The van der Waals surface area contributed by atoms with E-state index in [-0.39, 0.29) is 52.1 Å². The molecule has 0 rings (SSSR count). The minimum atomic E-state index is -5.17. The van der Waals surface area contributed by atoms with Crippen LogP contribution in [0.25, 0.3) is 0 Å². The van der Waals surface area contributed by atoms with Crippen molar-refractivity contribution >= 4 is 10.4 Å². The SMILES string of the molecule is O=S(=O)([O-])[O-].[O-2].[O-2].[Ti+4].[Zn+2]. The Morgan fingerprint density at radius 1 is 1.00 bits per heavy atom. The van der Waals surface area contributed by atoms with Gasteiger partial charge in [-0.1, -0.05) is 0 Å². The average Bonchev–Trinajstić information content (AvgIpc) is 0.722. The normalized spacial score (nSPS) is 6.44. The van der Waals surface area contributed by atoms with E-state index in [0.717, 1.165) is 0 Å². The summed E-state index contributed by atoms with van der Waals surface area (Å²) in [6, 6.07) is 0. The Labute approximate surface area is 79.9 Å². The molecule has 0 aromatic rings. The molecule has 0 aliphatic carbocycles. The van der Waals surface area contributed by atoms with E-state index in [1.165, 1.54) is 0 Å². The first kappa shape index (κ1) is 32.1. The van der Waals surface area contributed by atoms with Gasteiger partial charge in [-0.05, 0) is 0 Å². The maximum atomic E-state index is 8.52. The van der Waals surface area contributed by atoms with Gasteiger partial charge in [0.2, 0.25) is 0 Å². The zero-order valence-electron chi connectivity index (χ0n) is 4.06. The third-order valence-corrected chi connectivity index (χ3v) is 0. The molecule has 0 aliphatic rings. The summed E-state index contributed by atoms with van der Waals surface area (Å²) in [5.74, 6) is 0. The molecule has 0 aromatic heterocycles. The Morgan fingerprint density at radius 3 is 1.00 bits per heavy atom. The molecule has 6 nitrogen and oxygen atoms in total. The molecular weight excluding hydrogens is 241 g/mol. The van der Waals surface area contributed by atoms with Crippen LogP contribution in [0.1, 0.15) is 0 Å². The molecule has 0 saturated heterocycles. The molecule has 0 aromatic carbocycles. The van der Waals surface area contributed by atoms with Crippen molar-refractivity contribution in [3.05, 3.63) is 0 Å². The van der Waals surface area contributed by atoms with Gasteiger partial charge in [0.25, 0.3) is 0 Å². The molecule has 0 spiro atoms. The average molecular weight is 241 g/mol. The minimum Gasteiger partial charge on any atom is -2.00 e. The van der Waals surface area contributed by atoms with Crippen LogP contribution in [0.5, 0.6) is 0 Å². The van der Waals surface area contributed by atoms with E-state index >= 15 is 0 Å². The molecule has 0 fully saturated rings. The van der Waals surface area contributed by atoms with Crippen LogP contribution in [0.4, 0.5) is 0 Å². The summed E-state index contributed by atoms with van der Waals surface area (Å²) in [6.45, 7) is 0. The summed E-state index contributed by atoms with van der Waals surface area (Å²) in [4.78, 5) is 0. The smallest absolute Gasteiger partial charge is 2.00 e. The molecule has 0 N–H and O–H groups in total. The zero-order valence-corrected chi connectivity index (χ0v) is 9.41. The summed E-state index contributed by atoms with van der Waals surface area (Å²) >= 11 is 0. The Hall–Kier alpha value is 1.13. The summed E-state index contributed by atoms with van der Waals surface area (Å²) in [5.41, 5.74) is 0. The molecule has 0 amide bonds. The number of hydrogen-bond acceptors (Lipinski definition) is 4. The van der Waals surface area contributed by atoms with E-state index in [4.69, 9.17) is 17.5 Å². The fourth-order valence-electron chi connectivity index (χ4n) is 0. The van der Waals surface area contributed by atoms with E-state index in [2.05, 4.69) is 0 Å². The second kappa shape index (κ2) is 11.9. The predicted molar refractivity (Wildman–Crippen MR) is 11.8 cm³/mol. The number of rotatable bonds is 0. The molecule has 0 heterocycles. The van der Waals surface area contributed by atoms with E-state index in [1.807, 2.05) is 0 Å². The van der Waals surface area contributed by atoms with Crippen LogP contribution < -0.4 is 0 Å². The number of hydrogen-bond donors (Lipinski definition) is 0. The standard InChI is InChI=1S/H2O4S.2O.Ti.Zn/c1-5(2,3)4;;;;/h(H2,1,2,3,4);;;;/q;2*-2;+4;+2/p-2. The van der Waals surface area contributed by atoms with Crippen LogP contribution in [0.3, 0.4) is 0 Å². The van der Waals surface area contributed by atoms with Gasteiger partial charge >= 0.3 is 41.2 Å². The Bertz CT molecular complexity index is 96.2. The van der Waals surface area contributed by atoms with Crippen LogP contribution in [-0.4, -0.2) is 17.5 Å². The van der Waals surface area contributed by atoms with Gasteiger partial charge in [0.1, 0.15) is 0 Å². The fourth-order valence-corrected chi connectivity index (χ4v) is 0. The molecule has 0 bridgehead atoms. The second-order valence-corrected chi connectivity index (χ2v) is 1.22. The first-order chi connectivity index (χ1) is 2.00. The molecule has 0 saturated carbocycles. The Morgan fingerprint density at radius 2 is 1.00 bits per heavy atom. The van der Waals surface area contributed by atoms with E-state index in [9.17, 15) is 0 Å². The first-order valence-corrected chi connectivity index (χ1v) is 2.00. The van der Waals surface area contributed by atoms with E-state index in [0.29, 0.717) is 0 Å². The minimum absolute atomic E-state index is 0. The molecule has 9 heteroatoms. The van der Waals surface area contributed by atoms with Gasteiger partial charge < -0.3 is 20.1 Å². The largest absolute Gasteiger partial charge is 4.00 e. The van der Waals surface area contributed by atoms with Gasteiger partial charge in [-0.3, -0.25) is 8.42 Å². The molecule has 0 aliphatic heterocycles. The van der Waals surface area contributed by atoms with Crippen molar-refractivity contribution in [2.75, 3.05) is 0 Å². The van der Waals surface area contributed by atoms with Crippen LogP contribution in [-0.2, 0) is 62.5 Å². The van der Waals surface area contributed by atoms with Crippen molar-refractivity contribution in [3.8, 4) is 0 Å². The van der Waals surface area contributed by atoms with Gasteiger partial charge in [0.15, 0.2) is 0 Å². The molecule has 0 atom stereocenters. The molecule has 48 valence electrons. The van der Waals surface area contributed by atoms with Crippen LogP contribution in [0, 0.1) is 0 Å². The third-order valence-electron chi connectivity index (χ3n) is 0.